The van der Waals surface area contributed by atoms with E-state index in [9.17, 15) is 18.0 Å². The lowest BCUT2D eigenvalue weighted by molar-refractivity contribution is -0.137. The van der Waals surface area contributed by atoms with Crippen molar-refractivity contribution in [3.8, 4) is 0 Å². The second-order valence-corrected chi connectivity index (χ2v) is 4.92. The second kappa shape index (κ2) is 4.66. The highest BCUT2D eigenvalue weighted by molar-refractivity contribution is 6.03. The number of rotatable bonds is 0. The van der Waals surface area contributed by atoms with Gasteiger partial charge in [0.15, 0.2) is 0 Å². The normalized spacial score (nSPS) is 22.6. The van der Waals surface area contributed by atoms with Gasteiger partial charge >= 0.3 is 6.18 Å². The molecule has 1 atom stereocenters. The van der Waals surface area contributed by atoms with Crippen molar-refractivity contribution in [3.63, 3.8) is 0 Å². The molecule has 0 spiro atoms. The Morgan fingerprint density at radius 3 is 2.80 bits per heavy atom. The van der Waals surface area contributed by atoms with Crippen molar-refractivity contribution >= 4 is 11.6 Å². The van der Waals surface area contributed by atoms with Crippen LogP contribution in [-0.2, 0) is 6.18 Å². The molecule has 2 N–H and O–H groups in total. The lowest BCUT2D eigenvalue weighted by Crippen LogP contribution is -2.53. The number of amides is 1. The lowest BCUT2D eigenvalue weighted by Gasteiger charge is -2.38. The summed E-state index contributed by atoms with van der Waals surface area (Å²) in [6, 6.07) is 3.89. The fraction of sp³-hybridized carbons (Fsp3) is 0.462. The van der Waals surface area contributed by atoms with Crippen LogP contribution in [0.2, 0.25) is 0 Å². The van der Waals surface area contributed by atoms with E-state index < -0.39 is 17.6 Å². The highest BCUT2D eigenvalue weighted by Gasteiger charge is 2.40. The third-order valence-electron chi connectivity index (χ3n) is 3.68. The molecule has 0 bridgehead atoms. The first-order chi connectivity index (χ1) is 9.48. The van der Waals surface area contributed by atoms with E-state index in [2.05, 4.69) is 10.6 Å². The van der Waals surface area contributed by atoms with Crippen LogP contribution >= 0.6 is 0 Å². The van der Waals surface area contributed by atoms with Crippen LogP contribution in [0.5, 0.6) is 0 Å². The number of carbonyl (C=O) groups excluding carboxylic acids is 1. The Morgan fingerprint density at radius 2 is 2.05 bits per heavy atom. The Hall–Kier alpha value is -1.76. The number of halogens is 3. The van der Waals surface area contributed by atoms with Crippen LogP contribution in [0.15, 0.2) is 18.2 Å². The summed E-state index contributed by atoms with van der Waals surface area (Å²) in [6.45, 7) is 1.98. The number of hydrogen-bond donors (Lipinski definition) is 2. The Labute approximate surface area is 113 Å². The van der Waals surface area contributed by atoms with Gasteiger partial charge in [0.05, 0.1) is 16.8 Å². The minimum absolute atomic E-state index is 0.242. The molecular formula is C13H14F3N3O. The fourth-order valence-electron chi connectivity index (χ4n) is 2.79. The van der Waals surface area contributed by atoms with E-state index >= 15 is 0 Å². The van der Waals surface area contributed by atoms with Crippen molar-refractivity contribution in [2.24, 2.45) is 0 Å². The predicted octanol–water partition coefficient (Wildman–Crippen LogP) is 1.57. The topological polar surface area (TPSA) is 44.4 Å². The van der Waals surface area contributed by atoms with Gasteiger partial charge in [0.2, 0.25) is 0 Å². The molecule has 1 saturated heterocycles. The number of nitrogens with zero attached hydrogens (tertiary/aromatic N) is 1. The summed E-state index contributed by atoms with van der Waals surface area (Å²) in [7, 11) is 0. The second-order valence-electron chi connectivity index (χ2n) is 4.92. The summed E-state index contributed by atoms with van der Waals surface area (Å²) in [5.41, 5.74) is -0.765. The van der Waals surface area contributed by atoms with E-state index in [0.29, 0.717) is 25.2 Å². The molecule has 4 nitrogen and oxygen atoms in total. The van der Waals surface area contributed by atoms with Crippen molar-refractivity contribution in [2.75, 3.05) is 24.5 Å². The molecule has 7 heteroatoms. The summed E-state index contributed by atoms with van der Waals surface area (Å²) >= 11 is 0. The number of hydrogen-bond acceptors (Lipinski definition) is 3. The zero-order valence-electron chi connectivity index (χ0n) is 10.6. The molecule has 2 aliphatic heterocycles. The Balaban J connectivity index is 2.12. The highest BCUT2D eigenvalue weighted by atomic mass is 19.4. The summed E-state index contributed by atoms with van der Waals surface area (Å²) in [5, 5.41) is 5.85. The molecule has 2 aliphatic rings. The summed E-state index contributed by atoms with van der Waals surface area (Å²) < 4.78 is 39.1. The van der Waals surface area contributed by atoms with Gasteiger partial charge in [-0.05, 0) is 25.1 Å². The number of anilines is 1. The fourth-order valence-corrected chi connectivity index (χ4v) is 2.79. The van der Waals surface area contributed by atoms with Crippen LogP contribution < -0.4 is 15.5 Å². The maximum atomic E-state index is 13.0. The van der Waals surface area contributed by atoms with Gasteiger partial charge in [-0.2, -0.15) is 13.2 Å². The van der Waals surface area contributed by atoms with E-state index in [4.69, 9.17) is 0 Å². The third-order valence-corrected chi connectivity index (χ3v) is 3.68. The van der Waals surface area contributed by atoms with Gasteiger partial charge in [-0.15, -0.1) is 0 Å². The molecule has 0 radical (unpaired) electrons. The highest BCUT2D eigenvalue weighted by Crippen LogP contribution is 2.38. The molecule has 0 saturated carbocycles. The number of nitrogens with one attached hydrogen (secondary N) is 2. The Kier molecular flexibility index (Phi) is 3.08. The summed E-state index contributed by atoms with van der Waals surface area (Å²) in [4.78, 5) is 13.9. The Bertz CT molecular complexity index is 544. The van der Waals surface area contributed by atoms with E-state index in [1.807, 2.05) is 4.90 Å². The van der Waals surface area contributed by atoms with Crippen LogP contribution in [0.3, 0.4) is 0 Å². The first-order valence-corrected chi connectivity index (χ1v) is 6.47. The van der Waals surface area contributed by atoms with E-state index in [1.54, 1.807) is 6.07 Å². The molecule has 3 rings (SSSR count). The largest absolute Gasteiger partial charge is 0.417 e. The van der Waals surface area contributed by atoms with Gasteiger partial charge in [0.25, 0.3) is 5.91 Å². The standard InChI is InChI=1S/C13H14F3N3O/c14-13(15,16)8-2-1-3-9-11(8)12(20)18-10-4-5-17-6-7-19(9)10/h1-3,10,17H,4-7H2,(H,18,20)/t10-/m0/s1. The minimum atomic E-state index is -4.53. The van der Waals surface area contributed by atoms with Gasteiger partial charge in [0, 0.05) is 13.1 Å². The zero-order valence-corrected chi connectivity index (χ0v) is 10.6. The zero-order chi connectivity index (χ0) is 14.3. The van der Waals surface area contributed by atoms with Crippen molar-refractivity contribution in [1.82, 2.24) is 10.6 Å². The van der Waals surface area contributed by atoms with Crippen LogP contribution in [0.25, 0.3) is 0 Å². The van der Waals surface area contributed by atoms with Gasteiger partial charge in [-0.1, -0.05) is 6.07 Å². The van der Waals surface area contributed by atoms with Crippen LogP contribution in [0, 0.1) is 0 Å². The van der Waals surface area contributed by atoms with Crippen LogP contribution in [0.1, 0.15) is 22.3 Å². The molecule has 20 heavy (non-hydrogen) atoms. The Morgan fingerprint density at radius 1 is 1.25 bits per heavy atom. The molecule has 0 aliphatic carbocycles. The molecule has 108 valence electrons. The molecule has 2 heterocycles. The number of alkyl halides is 3. The molecule has 1 aromatic rings. The first-order valence-electron chi connectivity index (χ1n) is 6.47. The smallest absolute Gasteiger partial charge is 0.349 e. The average Bonchev–Trinajstić information content (AvgIpc) is 2.62. The minimum Gasteiger partial charge on any atom is -0.349 e. The van der Waals surface area contributed by atoms with Gasteiger partial charge in [-0.3, -0.25) is 4.79 Å². The maximum Gasteiger partial charge on any atom is 0.417 e. The first kappa shape index (κ1) is 13.2. The monoisotopic (exact) mass is 285 g/mol. The third kappa shape index (κ3) is 2.11. The molecule has 0 aromatic heterocycles. The summed E-state index contributed by atoms with van der Waals surface area (Å²) in [5.74, 6) is -0.643. The van der Waals surface area contributed by atoms with Crippen LogP contribution in [0.4, 0.5) is 18.9 Å². The molecule has 0 unspecified atom stereocenters. The number of benzene rings is 1. The lowest BCUT2D eigenvalue weighted by atomic mass is 9.99. The quantitative estimate of drug-likeness (QED) is 0.760. The molecule has 1 aromatic carbocycles. The maximum absolute atomic E-state index is 13.0. The van der Waals surface area contributed by atoms with Crippen molar-refractivity contribution in [3.05, 3.63) is 29.3 Å². The summed E-state index contributed by atoms with van der Waals surface area (Å²) in [6.07, 6.45) is -4.10. The SMILES string of the molecule is O=C1N[C@@H]2CCNCCN2c2cccc(C(F)(F)F)c21. The van der Waals surface area contributed by atoms with Gasteiger partial charge in [-0.25, -0.2) is 0 Å². The van der Waals surface area contributed by atoms with Crippen molar-refractivity contribution in [1.29, 1.82) is 0 Å². The van der Waals surface area contributed by atoms with Gasteiger partial charge < -0.3 is 15.5 Å². The molecule has 1 amide bonds. The molecule has 1 fully saturated rings. The van der Waals surface area contributed by atoms with Crippen molar-refractivity contribution < 1.29 is 18.0 Å². The number of fused-ring (bicyclic) bond motifs is 3. The van der Waals surface area contributed by atoms with Crippen LogP contribution in [-0.4, -0.2) is 31.7 Å². The number of carbonyl (C=O) groups is 1. The van der Waals surface area contributed by atoms with Crippen molar-refractivity contribution in [2.45, 2.75) is 18.8 Å². The van der Waals surface area contributed by atoms with E-state index in [-0.39, 0.29) is 11.7 Å². The molecular weight excluding hydrogens is 271 g/mol. The van der Waals surface area contributed by atoms with E-state index in [0.717, 1.165) is 12.6 Å². The average molecular weight is 285 g/mol. The predicted molar refractivity (Wildman–Crippen MR) is 67.5 cm³/mol. The van der Waals surface area contributed by atoms with E-state index in [1.165, 1.54) is 6.07 Å². The van der Waals surface area contributed by atoms with Gasteiger partial charge in [0.1, 0.15) is 6.17 Å².